The highest BCUT2D eigenvalue weighted by Gasteiger charge is 2.39. The monoisotopic (exact) mass is 625 g/mol. The molecule has 0 saturated carbocycles. The molecule has 3 aromatic rings. The summed E-state index contributed by atoms with van der Waals surface area (Å²) in [5.74, 6) is -0.274. The lowest BCUT2D eigenvalue weighted by Crippen LogP contribution is -2.35. The number of ether oxygens (including phenoxy) is 5. The average Bonchev–Trinajstić information content (AvgIpc) is 3.01. The molecule has 12 nitrogen and oxygen atoms in total. The van der Waals surface area contributed by atoms with Gasteiger partial charge in [-0.25, -0.2) is 14.6 Å². The summed E-state index contributed by atoms with van der Waals surface area (Å²) in [6, 6.07) is 10.5. The average molecular weight is 626 g/mol. The lowest BCUT2D eigenvalue weighted by atomic mass is 9.80. The van der Waals surface area contributed by atoms with Gasteiger partial charge in [-0.15, -0.1) is 0 Å². The minimum absolute atomic E-state index is 0.0203. The number of benzene rings is 2. The van der Waals surface area contributed by atoms with Crippen LogP contribution in [-0.2, 0) is 23.8 Å². The topological polar surface area (TPSA) is 147 Å². The fourth-order valence-corrected chi connectivity index (χ4v) is 5.22. The number of likely N-dealkylation sites (N-methyl/N-ethyl adjacent to an activating group) is 1. The van der Waals surface area contributed by atoms with Gasteiger partial charge in [0.25, 0.3) is 0 Å². The number of carbonyl (C=O) groups excluding carboxylic acids is 2. The Morgan fingerprint density at radius 3 is 2.41 bits per heavy atom. The van der Waals surface area contributed by atoms with Crippen molar-refractivity contribution in [3.63, 3.8) is 0 Å². The second-order valence-electron chi connectivity index (χ2n) is 9.83. The molecule has 0 aliphatic carbocycles. The standard InChI is InChI=1S/C31H36ClN5O7/c1-7-44-30(39)27-22(34-17(2)25(29(38)42-6)26(27)18-10-8-9-11-20(18)32)16-43-13-12-37(3)31-35-21-15-24(41-5)23(40-4)14-19(21)28(33)36-31/h8-11,14-15,26,34H,7,12-13,16H2,1-6H3,(H2,33,35,36). The molecule has 1 unspecified atom stereocenters. The summed E-state index contributed by atoms with van der Waals surface area (Å²) in [6.07, 6.45) is 0. The number of methoxy groups -OCH3 is 3. The molecule has 3 N–H and O–H groups in total. The zero-order valence-corrected chi connectivity index (χ0v) is 26.3. The molecule has 0 amide bonds. The van der Waals surface area contributed by atoms with Gasteiger partial charge in [0.15, 0.2) is 11.5 Å². The molecular weight excluding hydrogens is 590 g/mol. The van der Waals surface area contributed by atoms with Gasteiger partial charge in [-0.1, -0.05) is 29.8 Å². The predicted molar refractivity (Wildman–Crippen MR) is 167 cm³/mol. The molecule has 234 valence electrons. The van der Waals surface area contributed by atoms with Gasteiger partial charge in [0.2, 0.25) is 5.95 Å². The number of nitrogens with zero attached hydrogens (tertiary/aromatic N) is 3. The van der Waals surface area contributed by atoms with E-state index in [1.807, 2.05) is 7.05 Å². The predicted octanol–water partition coefficient (Wildman–Crippen LogP) is 3.99. The number of dihydropyridines is 1. The molecule has 0 radical (unpaired) electrons. The van der Waals surface area contributed by atoms with Gasteiger partial charge in [-0.2, -0.15) is 4.98 Å². The molecule has 1 aliphatic heterocycles. The maximum absolute atomic E-state index is 13.4. The van der Waals surface area contributed by atoms with Crippen LogP contribution in [0.4, 0.5) is 11.8 Å². The van der Waals surface area contributed by atoms with Crippen molar-refractivity contribution < 1.29 is 33.3 Å². The molecule has 0 saturated heterocycles. The summed E-state index contributed by atoms with van der Waals surface area (Å²) in [7, 11) is 6.20. The third-order valence-electron chi connectivity index (χ3n) is 7.14. The highest BCUT2D eigenvalue weighted by molar-refractivity contribution is 6.31. The van der Waals surface area contributed by atoms with E-state index in [1.165, 1.54) is 7.11 Å². The van der Waals surface area contributed by atoms with Crippen LogP contribution in [0.15, 0.2) is 58.9 Å². The molecule has 0 bridgehead atoms. The van der Waals surface area contributed by atoms with Crippen molar-refractivity contribution in [3.05, 3.63) is 69.5 Å². The van der Waals surface area contributed by atoms with Crippen LogP contribution in [-0.4, -0.2) is 76.6 Å². The Morgan fingerprint density at radius 1 is 1.05 bits per heavy atom. The zero-order chi connectivity index (χ0) is 32.0. The molecule has 4 rings (SSSR count). The van der Waals surface area contributed by atoms with E-state index >= 15 is 0 Å². The van der Waals surface area contributed by atoms with E-state index in [9.17, 15) is 9.59 Å². The van der Waals surface area contributed by atoms with E-state index in [4.69, 9.17) is 41.0 Å². The van der Waals surface area contributed by atoms with E-state index in [0.29, 0.717) is 62.7 Å². The summed E-state index contributed by atoms with van der Waals surface area (Å²) < 4.78 is 27.3. The first-order chi connectivity index (χ1) is 21.1. The number of esters is 2. The van der Waals surface area contributed by atoms with Crippen LogP contribution in [0.5, 0.6) is 11.5 Å². The highest BCUT2D eigenvalue weighted by Crippen LogP contribution is 2.42. The Hall–Kier alpha value is -4.55. The van der Waals surface area contributed by atoms with Gasteiger partial charge in [0.05, 0.1) is 69.4 Å². The number of halogens is 1. The van der Waals surface area contributed by atoms with E-state index < -0.39 is 17.9 Å². The van der Waals surface area contributed by atoms with Gasteiger partial charge >= 0.3 is 11.9 Å². The summed E-state index contributed by atoms with van der Waals surface area (Å²) in [5.41, 5.74) is 8.85. The molecular formula is C31H36ClN5O7. The molecule has 2 heterocycles. The first kappa shape index (κ1) is 32.4. The lowest BCUT2D eigenvalue weighted by molar-refractivity contribution is -0.139. The SMILES string of the molecule is CCOC(=O)C1=C(COCCN(C)c2nc(N)c3cc(OC)c(OC)cc3n2)NC(C)=C(C(=O)OC)C1c1ccccc1Cl. The number of nitrogen functional groups attached to an aromatic ring is 1. The first-order valence-electron chi connectivity index (χ1n) is 13.8. The number of nitrogens with two attached hydrogens (primary N) is 1. The molecule has 1 atom stereocenters. The number of hydrogen-bond donors (Lipinski definition) is 2. The highest BCUT2D eigenvalue weighted by atomic mass is 35.5. The summed E-state index contributed by atoms with van der Waals surface area (Å²) in [4.78, 5) is 37.2. The number of allylic oxidation sites excluding steroid dienone is 1. The van der Waals surface area contributed by atoms with Crippen LogP contribution in [0, 0.1) is 0 Å². The van der Waals surface area contributed by atoms with Crippen molar-refractivity contribution in [2.45, 2.75) is 19.8 Å². The fourth-order valence-electron chi connectivity index (χ4n) is 4.97. The van der Waals surface area contributed by atoms with Gasteiger partial charge in [-0.3, -0.25) is 0 Å². The van der Waals surface area contributed by atoms with E-state index in [2.05, 4.69) is 15.3 Å². The Balaban J connectivity index is 1.58. The smallest absolute Gasteiger partial charge is 0.336 e. The Labute approximate surface area is 260 Å². The van der Waals surface area contributed by atoms with Gasteiger partial charge in [0.1, 0.15) is 5.82 Å². The van der Waals surface area contributed by atoms with Crippen molar-refractivity contribution in [3.8, 4) is 11.5 Å². The number of anilines is 2. The van der Waals surface area contributed by atoms with Crippen LogP contribution >= 0.6 is 11.6 Å². The summed E-state index contributed by atoms with van der Waals surface area (Å²) in [5, 5.41) is 4.20. The lowest BCUT2D eigenvalue weighted by Gasteiger charge is -2.31. The quantitative estimate of drug-likeness (QED) is 0.221. The normalized spacial score (nSPS) is 14.8. The van der Waals surface area contributed by atoms with Crippen molar-refractivity contribution in [1.82, 2.24) is 15.3 Å². The molecule has 44 heavy (non-hydrogen) atoms. The van der Waals surface area contributed by atoms with Crippen LogP contribution in [0.25, 0.3) is 10.9 Å². The second kappa shape index (κ2) is 14.3. The van der Waals surface area contributed by atoms with Crippen molar-refractivity contribution in [1.29, 1.82) is 0 Å². The van der Waals surface area contributed by atoms with Gasteiger partial charge in [-0.05, 0) is 31.5 Å². The van der Waals surface area contributed by atoms with E-state index in [0.717, 1.165) is 0 Å². The number of fused-ring (bicyclic) bond motifs is 1. The number of hydrogen-bond acceptors (Lipinski definition) is 12. The maximum Gasteiger partial charge on any atom is 0.336 e. The second-order valence-corrected chi connectivity index (χ2v) is 10.2. The Bertz CT molecular complexity index is 1620. The third-order valence-corrected chi connectivity index (χ3v) is 7.48. The van der Waals surface area contributed by atoms with Crippen LogP contribution in [0.1, 0.15) is 25.3 Å². The number of rotatable bonds is 12. The molecule has 13 heteroatoms. The maximum atomic E-state index is 13.4. The number of carbonyl (C=O) groups is 2. The van der Waals surface area contributed by atoms with Gasteiger partial charge in [0, 0.05) is 35.8 Å². The molecule has 0 fully saturated rings. The van der Waals surface area contributed by atoms with Crippen LogP contribution < -0.4 is 25.4 Å². The minimum atomic E-state index is -0.831. The molecule has 1 aliphatic rings. The van der Waals surface area contributed by atoms with Gasteiger partial charge < -0.3 is 39.6 Å². The molecule has 2 aromatic carbocycles. The first-order valence-corrected chi connectivity index (χ1v) is 14.2. The van der Waals surface area contributed by atoms with E-state index in [1.54, 1.807) is 69.4 Å². The van der Waals surface area contributed by atoms with E-state index in [-0.39, 0.29) is 31.0 Å². The fraction of sp³-hybridized carbons (Fsp3) is 0.355. The van der Waals surface area contributed by atoms with Crippen molar-refractivity contribution in [2.75, 3.05) is 65.4 Å². The van der Waals surface area contributed by atoms with Crippen molar-refractivity contribution in [2.24, 2.45) is 0 Å². The number of nitrogens with one attached hydrogen (secondary N) is 1. The molecule has 1 aromatic heterocycles. The third kappa shape index (κ3) is 6.66. The zero-order valence-electron chi connectivity index (χ0n) is 25.5. The van der Waals surface area contributed by atoms with Crippen LogP contribution in [0.2, 0.25) is 5.02 Å². The van der Waals surface area contributed by atoms with Crippen LogP contribution in [0.3, 0.4) is 0 Å². The molecule has 0 spiro atoms. The largest absolute Gasteiger partial charge is 0.493 e. The van der Waals surface area contributed by atoms with Crippen molar-refractivity contribution >= 4 is 46.2 Å². The summed E-state index contributed by atoms with van der Waals surface area (Å²) >= 11 is 6.57. The summed E-state index contributed by atoms with van der Waals surface area (Å²) in [6.45, 7) is 4.25. The minimum Gasteiger partial charge on any atom is -0.493 e. The Kier molecular flexibility index (Phi) is 10.5. The number of aromatic nitrogens is 2. The Morgan fingerprint density at radius 2 is 1.75 bits per heavy atom.